The van der Waals surface area contributed by atoms with Crippen molar-refractivity contribution in [2.45, 2.75) is 34.3 Å². The Hall–Kier alpha value is -2.40. The van der Waals surface area contributed by atoms with E-state index in [9.17, 15) is 0 Å². The van der Waals surface area contributed by atoms with Gasteiger partial charge in [-0.15, -0.1) is 0 Å². The minimum Gasteiger partial charge on any atom is -0.391 e. The van der Waals surface area contributed by atoms with E-state index in [4.69, 9.17) is 16.4 Å². The van der Waals surface area contributed by atoms with Crippen molar-refractivity contribution in [1.82, 2.24) is 9.88 Å². The van der Waals surface area contributed by atoms with Gasteiger partial charge in [-0.25, -0.2) is 9.98 Å². The van der Waals surface area contributed by atoms with Crippen molar-refractivity contribution in [3.05, 3.63) is 57.9 Å². The monoisotopic (exact) mass is 372 g/mol. The first-order valence-corrected chi connectivity index (χ1v) is 8.91. The lowest BCUT2D eigenvalue weighted by Crippen LogP contribution is -2.14. The van der Waals surface area contributed by atoms with Gasteiger partial charge in [-0.2, -0.15) is 0 Å². The van der Waals surface area contributed by atoms with E-state index in [1.807, 2.05) is 31.3 Å². The first-order chi connectivity index (χ1) is 12.4. The first kappa shape index (κ1) is 19.9. The second kappa shape index (κ2) is 9.34. The van der Waals surface area contributed by atoms with E-state index in [1.54, 1.807) is 12.3 Å². The largest absolute Gasteiger partial charge is 0.391 e. The Balaban J connectivity index is 2.10. The summed E-state index contributed by atoms with van der Waals surface area (Å²) in [6.07, 6.45) is 3.54. The topological polar surface area (TPSA) is 50.1 Å². The average molecular weight is 373 g/mol. The molecule has 0 fully saturated rings. The van der Waals surface area contributed by atoms with Crippen LogP contribution in [-0.2, 0) is 11.4 Å². The average Bonchev–Trinajstić information content (AvgIpc) is 2.63. The molecule has 6 heteroatoms. The van der Waals surface area contributed by atoms with Gasteiger partial charge in [0.15, 0.2) is 0 Å². The molecule has 0 aliphatic rings. The maximum absolute atomic E-state index is 5.78. The zero-order chi connectivity index (χ0) is 19.1. The highest BCUT2D eigenvalue weighted by molar-refractivity contribution is 6.29. The molecule has 5 nitrogen and oxygen atoms in total. The molecule has 1 aromatic carbocycles. The second-order valence-electron chi connectivity index (χ2n) is 6.21. The zero-order valence-electron chi connectivity index (χ0n) is 16.0. The normalized spacial score (nSPS) is 11.8. The minimum absolute atomic E-state index is 0.352. The molecule has 1 heterocycles. The number of hydrogen-bond acceptors (Lipinski definition) is 4. The Morgan fingerprint density at radius 2 is 2.04 bits per heavy atom. The van der Waals surface area contributed by atoms with E-state index in [-0.39, 0.29) is 0 Å². The molecule has 0 unspecified atom stereocenters. The summed E-state index contributed by atoms with van der Waals surface area (Å²) >= 11 is 5.78. The number of rotatable bonds is 7. The highest BCUT2D eigenvalue weighted by atomic mass is 35.5. The van der Waals surface area contributed by atoms with E-state index in [1.165, 1.54) is 0 Å². The van der Waals surface area contributed by atoms with Gasteiger partial charge >= 0.3 is 0 Å². The van der Waals surface area contributed by atoms with E-state index < -0.39 is 0 Å². The van der Waals surface area contributed by atoms with Crippen molar-refractivity contribution in [2.24, 2.45) is 10.1 Å². The van der Waals surface area contributed by atoms with Crippen molar-refractivity contribution in [3.8, 4) is 0 Å². The number of oxime groups is 1. The number of nitrogens with zero attached hydrogens (tertiary/aromatic N) is 4. The maximum atomic E-state index is 5.78. The zero-order valence-corrected chi connectivity index (χ0v) is 16.7. The van der Waals surface area contributed by atoms with Gasteiger partial charge < -0.3 is 9.74 Å². The van der Waals surface area contributed by atoms with Crippen LogP contribution in [0, 0.1) is 13.8 Å². The quantitative estimate of drug-likeness (QED) is 0.300. The van der Waals surface area contributed by atoms with Gasteiger partial charge in [-0.05, 0) is 57.0 Å². The molecule has 26 heavy (non-hydrogen) atoms. The van der Waals surface area contributed by atoms with Crippen LogP contribution in [0.25, 0.3) is 0 Å². The van der Waals surface area contributed by atoms with Gasteiger partial charge in [0.2, 0.25) is 0 Å². The Labute approximate surface area is 160 Å². The molecule has 2 aromatic rings. The Kier molecular flexibility index (Phi) is 7.16. The number of aromatic nitrogens is 1. The van der Waals surface area contributed by atoms with E-state index in [0.717, 1.165) is 40.2 Å². The van der Waals surface area contributed by atoms with Gasteiger partial charge in [0.25, 0.3) is 0 Å². The smallest absolute Gasteiger partial charge is 0.143 e. The SMILES string of the molecule is CCN(C)C=Nc1cc(C)c(C(C)=NOCc2ccc(Cl)nc2)cc1C. The summed E-state index contributed by atoms with van der Waals surface area (Å²) in [4.78, 5) is 16.1. The molecule has 0 bridgehead atoms. The number of halogens is 1. The molecule has 0 radical (unpaired) electrons. The summed E-state index contributed by atoms with van der Waals surface area (Å²) in [7, 11) is 2.00. The molecule has 2 rings (SSSR count). The minimum atomic E-state index is 0.352. The fourth-order valence-corrected chi connectivity index (χ4v) is 2.43. The lowest BCUT2D eigenvalue weighted by molar-refractivity contribution is 0.130. The molecule has 0 saturated carbocycles. The number of hydrogen-bond donors (Lipinski definition) is 0. The van der Waals surface area contributed by atoms with Crippen molar-refractivity contribution in [2.75, 3.05) is 13.6 Å². The molecule has 1 aromatic heterocycles. The Morgan fingerprint density at radius 3 is 2.69 bits per heavy atom. The van der Waals surface area contributed by atoms with Crippen LogP contribution in [0.5, 0.6) is 0 Å². The molecule has 0 N–H and O–H groups in total. The van der Waals surface area contributed by atoms with Crippen molar-refractivity contribution >= 4 is 29.3 Å². The lowest BCUT2D eigenvalue weighted by atomic mass is 10.0. The van der Waals surface area contributed by atoms with Crippen LogP contribution in [-0.4, -0.2) is 35.5 Å². The number of benzene rings is 1. The fraction of sp³-hybridized carbons (Fsp3) is 0.350. The van der Waals surface area contributed by atoms with E-state index in [2.05, 4.69) is 48.0 Å². The summed E-state index contributed by atoms with van der Waals surface area (Å²) < 4.78 is 0. The third-order valence-electron chi connectivity index (χ3n) is 4.05. The molecule has 0 aliphatic carbocycles. The Morgan fingerprint density at radius 1 is 1.27 bits per heavy atom. The van der Waals surface area contributed by atoms with Crippen LogP contribution in [0.2, 0.25) is 5.15 Å². The van der Waals surface area contributed by atoms with Crippen LogP contribution in [0.3, 0.4) is 0 Å². The molecule has 0 saturated heterocycles. The van der Waals surface area contributed by atoms with Crippen molar-refractivity contribution in [3.63, 3.8) is 0 Å². The number of aryl methyl sites for hydroxylation is 2. The standard InChI is InChI=1S/C20H25ClN4O/c1-6-25(5)13-23-19-10-14(2)18(9-15(19)3)16(4)24-26-12-17-7-8-20(21)22-11-17/h7-11,13H,6,12H2,1-5H3. The summed E-state index contributed by atoms with van der Waals surface area (Å²) in [6, 6.07) is 7.78. The third-order valence-corrected chi connectivity index (χ3v) is 4.27. The highest BCUT2D eigenvalue weighted by Crippen LogP contribution is 2.24. The molecule has 0 atom stereocenters. The molecular formula is C20H25ClN4O. The van der Waals surface area contributed by atoms with Gasteiger partial charge in [0.1, 0.15) is 11.8 Å². The molecular weight excluding hydrogens is 348 g/mol. The van der Waals surface area contributed by atoms with Crippen LogP contribution < -0.4 is 0 Å². The van der Waals surface area contributed by atoms with Gasteiger partial charge in [0.05, 0.1) is 17.7 Å². The highest BCUT2D eigenvalue weighted by Gasteiger charge is 2.07. The van der Waals surface area contributed by atoms with Crippen LogP contribution in [0.15, 0.2) is 40.6 Å². The van der Waals surface area contributed by atoms with Gasteiger partial charge in [-0.1, -0.05) is 22.8 Å². The van der Waals surface area contributed by atoms with Crippen LogP contribution in [0.1, 0.15) is 36.1 Å². The van der Waals surface area contributed by atoms with Gasteiger partial charge in [-0.3, -0.25) is 0 Å². The molecule has 138 valence electrons. The number of aliphatic imine (C=N–C) groups is 1. The molecule has 0 spiro atoms. The van der Waals surface area contributed by atoms with Gasteiger partial charge in [0, 0.05) is 30.9 Å². The summed E-state index contributed by atoms with van der Waals surface area (Å²) in [5.41, 5.74) is 5.98. The van der Waals surface area contributed by atoms with Crippen LogP contribution >= 0.6 is 11.6 Å². The first-order valence-electron chi connectivity index (χ1n) is 8.53. The summed E-state index contributed by atoms with van der Waals surface area (Å²) in [5, 5.41) is 4.71. The summed E-state index contributed by atoms with van der Waals surface area (Å²) in [6.45, 7) is 9.41. The fourth-order valence-electron chi connectivity index (χ4n) is 2.32. The van der Waals surface area contributed by atoms with E-state index in [0.29, 0.717) is 11.8 Å². The van der Waals surface area contributed by atoms with Crippen molar-refractivity contribution in [1.29, 1.82) is 0 Å². The predicted octanol–water partition coefficient (Wildman–Crippen LogP) is 4.90. The Bertz CT molecular complexity index is 800. The molecule has 0 amide bonds. The maximum Gasteiger partial charge on any atom is 0.143 e. The second-order valence-corrected chi connectivity index (χ2v) is 6.60. The predicted molar refractivity (Wildman–Crippen MR) is 109 cm³/mol. The summed E-state index contributed by atoms with van der Waals surface area (Å²) in [5.74, 6) is 0. The van der Waals surface area contributed by atoms with Crippen LogP contribution in [0.4, 0.5) is 5.69 Å². The van der Waals surface area contributed by atoms with Crippen molar-refractivity contribution < 1.29 is 4.84 Å². The number of pyridine rings is 1. The molecule has 0 aliphatic heterocycles. The van der Waals surface area contributed by atoms with E-state index >= 15 is 0 Å². The lowest BCUT2D eigenvalue weighted by Gasteiger charge is -2.11. The third kappa shape index (κ3) is 5.56.